The first kappa shape index (κ1) is 13.9. The van der Waals surface area contributed by atoms with Crippen LogP contribution >= 0.6 is 0 Å². The molecule has 1 N–H and O–H groups in total. The third kappa shape index (κ3) is 2.58. The molecule has 6 nitrogen and oxygen atoms in total. The second-order valence-electron chi connectivity index (χ2n) is 5.17. The van der Waals surface area contributed by atoms with Crippen molar-refractivity contribution in [2.45, 2.75) is 25.9 Å². The first-order chi connectivity index (χ1) is 10.2. The molecule has 0 aliphatic carbocycles. The lowest BCUT2D eigenvalue weighted by Gasteiger charge is -2.22. The van der Waals surface area contributed by atoms with Gasteiger partial charge in [0.1, 0.15) is 11.6 Å². The van der Waals surface area contributed by atoms with Gasteiger partial charge in [0.05, 0.1) is 20.3 Å². The minimum Gasteiger partial charge on any atom is -0.493 e. The van der Waals surface area contributed by atoms with E-state index >= 15 is 0 Å². The molecule has 6 heteroatoms. The third-order valence-corrected chi connectivity index (χ3v) is 3.84. The zero-order valence-electron chi connectivity index (χ0n) is 12.6. The van der Waals surface area contributed by atoms with E-state index in [1.807, 2.05) is 18.2 Å². The van der Waals surface area contributed by atoms with Gasteiger partial charge in [0.25, 0.3) is 0 Å². The molecule has 1 aliphatic heterocycles. The molecule has 0 amide bonds. The van der Waals surface area contributed by atoms with E-state index in [-0.39, 0.29) is 6.04 Å². The zero-order chi connectivity index (χ0) is 14.8. The van der Waals surface area contributed by atoms with E-state index in [2.05, 4.69) is 27.0 Å². The minimum atomic E-state index is 0.255. The Morgan fingerprint density at radius 3 is 2.81 bits per heavy atom. The molecule has 0 spiro atoms. The fourth-order valence-corrected chi connectivity index (χ4v) is 2.70. The van der Waals surface area contributed by atoms with Crippen molar-refractivity contribution in [3.8, 4) is 11.5 Å². The van der Waals surface area contributed by atoms with E-state index in [0.717, 1.165) is 48.2 Å². The Balaban J connectivity index is 1.87. The summed E-state index contributed by atoms with van der Waals surface area (Å²) in [4.78, 5) is 0. The molecule has 112 valence electrons. The Morgan fingerprint density at radius 2 is 2.05 bits per heavy atom. The van der Waals surface area contributed by atoms with Crippen LogP contribution in [0.3, 0.4) is 0 Å². The maximum Gasteiger partial charge on any atom is 0.161 e. The fourth-order valence-electron chi connectivity index (χ4n) is 2.70. The van der Waals surface area contributed by atoms with Gasteiger partial charge < -0.3 is 19.4 Å². The number of aromatic nitrogens is 3. The molecule has 0 saturated carbocycles. The van der Waals surface area contributed by atoms with Gasteiger partial charge in [0.15, 0.2) is 11.5 Å². The molecule has 1 aromatic carbocycles. The number of fused-ring (bicyclic) bond motifs is 1. The highest BCUT2D eigenvalue weighted by molar-refractivity contribution is 5.43. The normalized spacial score (nSPS) is 17.4. The Bertz CT molecular complexity index is 639. The van der Waals surface area contributed by atoms with Crippen molar-refractivity contribution in [3.63, 3.8) is 0 Å². The summed E-state index contributed by atoms with van der Waals surface area (Å²) in [6, 6.07) is 6.20. The topological polar surface area (TPSA) is 61.2 Å². The van der Waals surface area contributed by atoms with Crippen LogP contribution in [-0.4, -0.2) is 35.5 Å². The van der Waals surface area contributed by atoms with Crippen molar-refractivity contribution in [2.75, 3.05) is 20.8 Å². The molecule has 0 radical (unpaired) electrons. The van der Waals surface area contributed by atoms with Crippen molar-refractivity contribution in [2.24, 2.45) is 0 Å². The molecule has 1 aromatic heterocycles. The van der Waals surface area contributed by atoms with Crippen molar-refractivity contribution < 1.29 is 9.47 Å². The van der Waals surface area contributed by atoms with Gasteiger partial charge >= 0.3 is 0 Å². The standard InChI is InChI=1S/C15H20N4O2/c1-10-15-18-17-14(19(15)7-6-16-10)9-11-4-5-12(20-2)13(8-11)21-3/h4-5,8,10,16H,6-7,9H2,1-3H3. The molecular formula is C15H20N4O2. The van der Waals surface area contributed by atoms with Gasteiger partial charge in [0.2, 0.25) is 0 Å². The summed E-state index contributed by atoms with van der Waals surface area (Å²) in [6.07, 6.45) is 0.736. The second-order valence-corrected chi connectivity index (χ2v) is 5.17. The van der Waals surface area contributed by atoms with Crippen LogP contribution < -0.4 is 14.8 Å². The van der Waals surface area contributed by atoms with Gasteiger partial charge in [-0.05, 0) is 24.6 Å². The summed E-state index contributed by atoms with van der Waals surface area (Å²) in [5.74, 6) is 3.48. The van der Waals surface area contributed by atoms with Gasteiger partial charge in [-0.15, -0.1) is 10.2 Å². The van der Waals surface area contributed by atoms with E-state index in [4.69, 9.17) is 9.47 Å². The lowest BCUT2D eigenvalue weighted by Crippen LogP contribution is -2.32. The van der Waals surface area contributed by atoms with Crippen LogP contribution in [0.4, 0.5) is 0 Å². The Morgan fingerprint density at radius 1 is 1.24 bits per heavy atom. The molecule has 2 aromatic rings. The zero-order valence-corrected chi connectivity index (χ0v) is 12.6. The smallest absolute Gasteiger partial charge is 0.161 e. The number of rotatable bonds is 4. The number of ether oxygens (including phenoxy) is 2. The number of nitrogens with one attached hydrogen (secondary N) is 1. The van der Waals surface area contributed by atoms with Gasteiger partial charge in [-0.3, -0.25) is 0 Å². The van der Waals surface area contributed by atoms with Crippen LogP contribution in [0.25, 0.3) is 0 Å². The number of benzene rings is 1. The molecule has 0 fully saturated rings. The van der Waals surface area contributed by atoms with E-state index in [9.17, 15) is 0 Å². The Kier molecular flexibility index (Phi) is 3.79. The van der Waals surface area contributed by atoms with Crippen LogP contribution in [0.15, 0.2) is 18.2 Å². The van der Waals surface area contributed by atoms with Crippen LogP contribution in [0, 0.1) is 0 Å². The molecule has 2 heterocycles. The summed E-state index contributed by atoms with van der Waals surface area (Å²) in [5.41, 5.74) is 1.13. The van der Waals surface area contributed by atoms with Crippen LogP contribution in [0.5, 0.6) is 11.5 Å². The monoisotopic (exact) mass is 288 g/mol. The quantitative estimate of drug-likeness (QED) is 0.925. The first-order valence-corrected chi connectivity index (χ1v) is 7.09. The van der Waals surface area contributed by atoms with Gasteiger partial charge in [-0.2, -0.15) is 0 Å². The maximum absolute atomic E-state index is 5.35. The van der Waals surface area contributed by atoms with Gasteiger partial charge in [-0.25, -0.2) is 0 Å². The minimum absolute atomic E-state index is 0.255. The lowest BCUT2D eigenvalue weighted by molar-refractivity contribution is 0.354. The highest BCUT2D eigenvalue weighted by atomic mass is 16.5. The van der Waals surface area contributed by atoms with E-state index < -0.39 is 0 Å². The highest BCUT2D eigenvalue weighted by Gasteiger charge is 2.21. The Labute approximate surface area is 124 Å². The van der Waals surface area contributed by atoms with Crippen molar-refractivity contribution in [1.82, 2.24) is 20.1 Å². The Hall–Kier alpha value is -2.08. The van der Waals surface area contributed by atoms with E-state index in [0.29, 0.717) is 0 Å². The van der Waals surface area contributed by atoms with E-state index in [1.54, 1.807) is 14.2 Å². The molecule has 0 bridgehead atoms. The average Bonchev–Trinajstić information content (AvgIpc) is 2.92. The van der Waals surface area contributed by atoms with Crippen LogP contribution in [0.2, 0.25) is 0 Å². The first-order valence-electron chi connectivity index (χ1n) is 7.09. The average molecular weight is 288 g/mol. The SMILES string of the molecule is COc1ccc(Cc2nnc3n2CCNC3C)cc1OC. The van der Waals surface area contributed by atoms with Crippen molar-refractivity contribution in [1.29, 1.82) is 0 Å². The van der Waals surface area contributed by atoms with Gasteiger partial charge in [0, 0.05) is 19.5 Å². The van der Waals surface area contributed by atoms with Crippen molar-refractivity contribution >= 4 is 0 Å². The summed E-state index contributed by atoms with van der Waals surface area (Å²) in [7, 11) is 3.29. The molecule has 0 saturated heterocycles. The van der Waals surface area contributed by atoms with Gasteiger partial charge in [-0.1, -0.05) is 6.07 Å². The molecular weight excluding hydrogens is 268 g/mol. The van der Waals surface area contributed by atoms with Crippen molar-refractivity contribution in [3.05, 3.63) is 35.4 Å². The van der Waals surface area contributed by atoms with E-state index in [1.165, 1.54) is 0 Å². The molecule has 1 atom stereocenters. The lowest BCUT2D eigenvalue weighted by atomic mass is 10.1. The molecule has 21 heavy (non-hydrogen) atoms. The third-order valence-electron chi connectivity index (χ3n) is 3.84. The predicted octanol–water partition coefficient (Wildman–Crippen LogP) is 1.55. The van der Waals surface area contributed by atoms with Crippen LogP contribution in [-0.2, 0) is 13.0 Å². The number of nitrogens with zero attached hydrogens (tertiary/aromatic N) is 3. The largest absolute Gasteiger partial charge is 0.493 e. The molecule has 1 aliphatic rings. The second kappa shape index (κ2) is 5.73. The summed E-state index contributed by atoms with van der Waals surface area (Å²) in [6.45, 7) is 3.97. The summed E-state index contributed by atoms with van der Waals surface area (Å²) < 4.78 is 12.8. The number of hydrogen-bond donors (Lipinski definition) is 1. The number of methoxy groups -OCH3 is 2. The van der Waals surface area contributed by atoms with Crippen LogP contribution in [0.1, 0.15) is 30.2 Å². The molecule has 3 rings (SSSR count). The predicted molar refractivity (Wildman–Crippen MR) is 78.8 cm³/mol. The number of hydrogen-bond acceptors (Lipinski definition) is 5. The summed E-state index contributed by atoms with van der Waals surface area (Å²) >= 11 is 0. The molecule has 1 unspecified atom stereocenters. The maximum atomic E-state index is 5.35. The highest BCUT2D eigenvalue weighted by Crippen LogP contribution is 2.28. The fraction of sp³-hybridized carbons (Fsp3) is 0.467. The summed E-state index contributed by atoms with van der Waals surface area (Å²) in [5, 5.41) is 12.0.